The van der Waals surface area contributed by atoms with Crippen LogP contribution in [-0.2, 0) is 14.8 Å². The van der Waals surface area contributed by atoms with E-state index in [-0.39, 0.29) is 27.8 Å². The Balaban J connectivity index is 2.02. The molecule has 8 nitrogen and oxygen atoms in total. The molecule has 1 aromatic heterocycles. The molecule has 1 heterocycles. The van der Waals surface area contributed by atoms with Crippen LogP contribution in [-0.4, -0.2) is 25.9 Å². The summed E-state index contributed by atoms with van der Waals surface area (Å²) in [5, 5.41) is 11.0. The molecule has 150 valence electrons. The molecule has 3 rings (SSSR count). The molecule has 1 N–H and O–H groups in total. The Morgan fingerprint density at radius 2 is 1.86 bits per heavy atom. The molecule has 0 saturated heterocycles. The van der Waals surface area contributed by atoms with E-state index in [9.17, 15) is 23.3 Å². The van der Waals surface area contributed by atoms with Crippen LogP contribution in [0.25, 0.3) is 10.4 Å². The molecule has 29 heavy (non-hydrogen) atoms. The Hall–Kier alpha value is -3.24. The molecule has 0 amide bonds. The lowest BCUT2D eigenvalue weighted by atomic mass is 10.1. The zero-order chi connectivity index (χ0) is 21.0. The predicted octanol–water partition coefficient (Wildman–Crippen LogP) is 4.30. The number of carbonyl (C=O) groups is 1. The van der Waals surface area contributed by atoms with Crippen molar-refractivity contribution in [3.05, 3.63) is 76.3 Å². The monoisotopic (exact) mass is 432 g/mol. The van der Waals surface area contributed by atoms with Crippen molar-refractivity contribution in [2.45, 2.75) is 11.8 Å². The van der Waals surface area contributed by atoms with E-state index in [0.29, 0.717) is 4.88 Å². The molecule has 0 unspecified atom stereocenters. The molecule has 0 radical (unpaired) electrons. The van der Waals surface area contributed by atoms with Gasteiger partial charge in [-0.2, -0.15) is 0 Å². The molecule has 10 heteroatoms. The summed E-state index contributed by atoms with van der Waals surface area (Å²) in [6.07, 6.45) is 0. The summed E-state index contributed by atoms with van der Waals surface area (Å²) in [7, 11) is -4.16. The van der Waals surface area contributed by atoms with E-state index in [1.165, 1.54) is 18.2 Å². The number of non-ortho nitro benzene ring substituents is 1. The van der Waals surface area contributed by atoms with Gasteiger partial charge in [0.15, 0.2) is 0 Å². The number of nitrogens with one attached hydrogen (secondary N) is 1. The number of hydrogen-bond donors (Lipinski definition) is 1. The number of carbonyl (C=O) groups excluding carboxylic acids is 1. The molecule has 0 saturated carbocycles. The normalized spacial score (nSPS) is 11.1. The van der Waals surface area contributed by atoms with Crippen LogP contribution in [0, 0.1) is 10.1 Å². The van der Waals surface area contributed by atoms with Crippen LogP contribution >= 0.6 is 11.3 Å². The van der Waals surface area contributed by atoms with Gasteiger partial charge in [0.05, 0.1) is 22.0 Å². The highest BCUT2D eigenvalue weighted by Crippen LogP contribution is 2.37. The highest BCUT2D eigenvalue weighted by atomic mass is 32.2. The lowest BCUT2D eigenvalue weighted by molar-refractivity contribution is -0.385. The lowest BCUT2D eigenvalue weighted by Crippen LogP contribution is -2.15. The van der Waals surface area contributed by atoms with Crippen LogP contribution in [0.1, 0.15) is 17.3 Å². The Morgan fingerprint density at radius 1 is 1.14 bits per heavy atom. The fourth-order valence-electron chi connectivity index (χ4n) is 2.52. The fraction of sp³-hybridized carbons (Fsp3) is 0.105. The van der Waals surface area contributed by atoms with E-state index in [0.717, 1.165) is 23.0 Å². The molecular formula is C19H16N2O6S2. The van der Waals surface area contributed by atoms with Gasteiger partial charge >= 0.3 is 5.97 Å². The first-order valence-electron chi connectivity index (χ1n) is 8.45. The Bertz CT molecular complexity index is 1160. The maximum absolute atomic E-state index is 12.8. The van der Waals surface area contributed by atoms with E-state index >= 15 is 0 Å². The van der Waals surface area contributed by atoms with Gasteiger partial charge < -0.3 is 4.74 Å². The summed E-state index contributed by atoms with van der Waals surface area (Å²) in [6, 6.07) is 15.4. The number of sulfonamides is 1. The SMILES string of the molecule is CCOC(=O)c1cc(-c2ccccc2)sc1NS(=O)(=O)c1cccc([N+](=O)[O-])c1. The first-order chi connectivity index (χ1) is 13.8. The first kappa shape index (κ1) is 20.5. The van der Waals surface area contributed by atoms with Gasteiger partial charge in [-0.1, -0.05) is 36.4 Å². The quantitative estimate of drug-likeness (QED) is 0.338. The minimum atomic E-state index is -4.16. The second-order valence-corrected chi connectivity index (χ2v) is 8.53. The summed E-state index contributed by atoms with van der Waals surface area (Å²) in [5.41, 5.74) is 0.531. The number of esters is 1. The maximum atomic E-state index is 12.8. The van der Waals surface area contributed by atoms with Crippen molar-refractivity contribution in [2.75, 3.05) is 11.3 Å². The van der Waals surface area contributed by atoms with Gasteiger partial charge in [0.2, 0.25) is 0 Å². The number of benzene rings is 2. The Labute approximate surface area is 171 Å². The third-order valence-corrected chi connectivity index (χ3v) is 6.43. The van der Waals surface area contributed by atoms with Gasteiger partial charge in [-0.05, 0) is 24.6 Å². The summed E-state index contributed by atoms with van der Waals surface area (Å²) in [6.45, 7) is 1.78. The largest absolute Gasteiger partial charge is 0.462 e. The maximum Gasteiger partial charge on any atom is 0.341 e. The van der Waals surface area contributed by atoms with Crippen molar-refractivity contribution in [1.29, 1.82) is 0 Å². The molecule has 0 atom stereocenters. The molecule has 2 aromatic carbocycles. The van der Waals surface area contributed by atoms with E-state index < -0.39 is 20.9 Å². The number of nitro groups is 1. The minimum absolute atomic E-state index is 0.0738. The zero-order valence-electron chi connectivity index (χ0n) is 15.2. The second kappa shape index (κ2) is 8.41. The van der Waals surface area contributed by atoms with Crippen molar-refractivity contribution in [3.63, 3.8) is 0 Å². The Kier molecular flexibility index (Phi) is 5.95. The van der Waals surface area contributed by atoms with Crippen LogP contribution in [0.15, 0.2) is 65.6 Å². The number of nitrogens with zero attached hydrogens (tertiary/aromatic N) is 1. The molecule has 3 aromatic rings. The molecule has 0 aliphatic heterocycles. The van der Waals surface area contributed by atoms with E-state index in [4.69, 9.17) is 4.74 Å². The van der Waals surface area contributed by atoms with E-state index in [1.807, 2.05) is 30.3 Å². The summed E-state index contributed by atoms with van der Waals surface area (Å²) >= 11 is 1.07. The van der Waals surface area contributed by atoms with Gasteiger partial charge in [-0.3, -0.25) is 14.8 Å². The highest BCUT2D eigenvalue weighted by Gasteiger charge is 2.24. The molecular weight excluding hydrogens is 416 g/mol. The average Bonchev–Trinajstić information content (AvgIpc) is 3.12. The number of rotatable bonds is 7. The van der Waals surface area contributed by atoms with Crippen LogP contribution in [0.5, 0.6) is 0 Å². The van der Waals surface area contributed by atoms with E-state index in [1.54, 1.807) is 13.0 Å². The van der Waals surface area contributed by atoms with E-state index in [2.05, 4.69) is 4.72 Å². The molecule has 0 spiro atoms. The van der Waals surface area contributed by atoms with Gasteiger partial charge in [-0.25, -0.2) is 13.2 Å². The number of ether oxygens (including phenoxy) is 1. The molecule has 0 aliphatic rings. The van der Waals surface area contributed by atoms with Crippen LogP contribution < -0.4 is 4.72 Å². The number of hydrogen-bond acceptors (Lipinski definition) is 7. The van der Waals surface area contributed by atoms with Crippen LogP contribution in [0.3, 0.4) is 0 Å². The average molecular weight is 432 g/mol. The van der Waals surface area contributed by atoms with Crippen molar-refractivity contribution in [3.8, 4) is 10.4 Å². The van der Waals surface area contributed by atoms with Crippen molar-refractivity contribution < 1.29 is 22.9 Å². The second-order valence-electron chi connectivity index (χ2n) is 5.80. The minimum Gasteiger partial charge on any atom is -0.462 e. The summed E-state index contributed by atoms with van der Waals surface area (Å²) in [5.74, 6) is -0.664. The van der Waals surface area contributed by atoms with Crippen molar-refractivity contribution in [2.24, 2.45) is 0 Å². The summed E-state index contributed by atoms with van der Waals surface area (Å²) in [4.78, 5) is 23.0. The van der Waals surface area contributed by atoms with Crippen molar-refractivity contribution in [1.82, 2.24) is 0 Å². The number of thiophene rings is 1. The molecule has 0 bridgehead atoms. The van der Waals surface area contributed by atoms with Gasteiger partial charge in [0.1, 0.15) is 5.00 Å². The highest BCUT2D eigenvalue weighted by molar-refractivity contribution is 7.93. The fourth-order valence-corrected chi connectivity index (χ4v) is 4.92. The smallest absolute Gasteiger partial charge is 0.341 e. The first-order valence-corrected chi connectivity index (χ1v) is 10.8. The topological polar surface area (TPSA) is 116 Å². The molecule has 0 fully saturated rings. The standard InChI is InChI=1S/C19H16N2O6S2/c1-2-27-19(22)16-12-17(13-7-4-3-5-8-13)28-18(16)20-29(25,26)15-10-6-9-14(11-15)21(23)24/h3-12,20H,2H2,1H3. The predicted molar refractivity (Wildman–Crippen MR) is 110 cm³/mol. The number of nitro benzene ring substituents is 1. The zero-order valence-corrected chi connectivity index (χ0v) is 16.8. The number of anilines is 1. The van der Waals surface area contributed by atoms with Crippen LogP contribution in [0.2, 0.25) is 0 Å². The van der Waals surface area contributed by atoms with Gasteiger partial charge in [0.25, 0.3) is 15.7 Å². The van der Waals surface area contributed by atoms with Crippen molar-refractivity contribution >= 4 is 38.0 Å². The Morgan fingerprint density at radius 3 is 2.52 bits per heavy atom. The summed E-state index contributed by atoms with van der Waals surface area (Å²) < 4.78 is 32.9. The third-order valence-electron chi connectivity index (χ3n) is 3.85. The van der Waals surface area contributed by atoms with Crippen LogP contribution in [0.4, 0.5) is 10.7 Å². The lowest BCUT2D eigenvalue weighted by Gasteiger charge is -2.08. The van der Waals surface area contributed by atoms with Gasteiger partial charge in [0, 0.05) is 17.0 Å². The molecule has 0 aliphatic carbocycles. The third kappa shape index (κ3) is 4.61. The van der Waals surface area contributed by atoms with Gasteiger partial charge in [-0.15, -0.1) is 11.3 Å².